The first kappa shape index (κ1) is 16.0. The largest absolute Gasteiger partial charge is 0.316 e. The van der Waals surface area contributed by atoms with Crippen LogP contribution in [-0.4, -0.2) is 13.1 Å². The summed E-state index contributed by atoms with van der Waals surface area (Å²) in [6.45, 7) is 0. The monoisotopic (exact) mass is 357 g/mol. The van der Waals surface area contributed by atoms with Gasteiger partial charge >= 0.3 is 0 Å². The maximum Gasteiger partial charge on any atom is 0.137 e. The van der Waals surface area contributed by atoms with Crippen molar-refractivity contribution in [2.45, 2.75) is 18.9 Å². The number of nitrogens with one attached hydrogen (secondary N) is 1. The molecule has 1 atom stereocenters. The molecule has 0 aromatic heterocycles. The van der Waals surface area contributed by atoms with Crippen LogP contribution >= 0.6 is 15.9 Å². The third kappa shape index (κ3) is 4.58. The van der Waals surface area contributed by atoms with E-state index in [-0.39, 0.29) is 11.9 Å². The SMILES string of the molecule is CNC(Cc1cc(F)cc(F)c1)Cc1ccc(F)c(Br)c1. The molecule has 1 N–H and O–H groups in total. The summed E-state index contributed by atoms with van der Waals surface area (Å²) in [5.41, 5.74) is 1.53. The summed E-state index contributed by atoms with van der Waals surface area (Å²) < 4.78 is 40.0. The van der Waals surface area contributed by atoms with E-state index in [2.05, 4.69) is 21.2 Å². The van der Waals surface area contributed by atoms with Gasteiger partial charge in [-0.05, 0) is 71.2 Å². The van der Waals surface area contributed by atoms with Crippen LogP contribution < -0.4 is 5.32 Å². The third-order valence-corrected chi connectivity index (χ3v) is 3.89. The van der Waals surface area contributed by atoms with Crippen LogP contribution in [0.25, 0.3) is 0 Å². The van der Waals surface area contributed by atoms with E-state index in [0.717, 1.165) is 11.6 Å². The molecule has 0 radical (unpaired) electrons. The molecule has 0 aliphatic heterocycles. The van der Waals surface area contributed by atoms with Gasteiger partial charge in [-0.25, -0.2) is 13.2 Å². The van der Waals surface area contributed by atoms with Crippen LogP contribution in [0.3, 0.4) is 0 Å². The molecule has 5 heteroatoms. The van der Waals surface area contributed by atoms with E-state index in [0.29, 0.717) is 22.9 Å². The summed E-state index contributed by atoms with van der Waals surface area (Å²) in [6.07, 6.45) is 1.12. The molecule has 0 saturated heterocycles. The minimum Gasteiger partial charge on any atom is -0.316 e. The standard InChI is InChI=1S/C16H15BrF3N/c1-21-14(6-10-2-3-16(20)15(17)8-10)7-11-4-12(18)9-13(19)5-11/h2-5,8-9,14,21H,6-7H2,1H3. The Morgan fingerprint density at radius 3 is 2.14 bits per heavy atom. The highest BCUT2D eigenvalue weighted by atomic mass is 79.9. The fraction of sp³-hybridized carbons (Fsp3) is 0.250. The Hall–Kier alpha value is -1.33. The first-order valence-electron chi connectivity index (χ1n) is 6.54. The van der Waals surface area contributed by atoms with Crippen LogP contribution in [0.15, 0.2) is 40.9 Å². The summed E-state index contributed by atoms with van der Waals surface area (Å²) in [6, 6.07) is 8.33. The molecule has 0 spiro atoms. The van der Waals surface area contributed by atoms with Gasteiger partial charge in [0, 0.05) is 12.1 Å². The van der Waals surface area contributed by atoms with Crippen molar-refractivity contribution < 1.29 is 13.2 Å². The Morgan fingerprint density at radius 2 is 1.57 bits per heavy atom. The Labute approximate surface area is 130 Å². The first-order valence-corrected chi connectivity index (χ1v) is 7.33. The topological polar surface area (TPSA) is 12.0 Å². The third-order valence-electron chi connectivity index (χ3n) is 3.28. The van der Waals surface area contributed by atoms with E-state index in [4.69, 9.17) is 0 Å². The van der Waals surface area contributed by atoms with E-state index >= 15 is 0 Å². The lowest BCUT2D eigenvalue weighted by Crippen LogP contribution is -2.30. The van der Waals surface area contributed by atoms with Gasteiger partial charge < -0.3 is 5.32 Å². The molecular formula is C16H15BrF3N. The molecule has 2 aromatic rings. The smallest absolute Gasteiger partial charge is 0.137 e. The molecule has 0 heterocycles. The fourth-order valence-electron chi connectivity index (χ4n) is 2.24. The minimum absolute atomic E-state index is 0.00330. The van der Waals surface area contributed by atoms with Gasteiger partial charge in [-0.3, -0.25) is 0 Å². The lowest BCUT2D eigenvalue weighted by atomic mass is 9.99. The van der Waals surface area contributed by atoms with Crippen LogP contribution in [0.5, 0.6) is 0 Å². The zero-order chi connectivity index (χ0) is 15.4. The Balaban J connectivity index is 2.10. The Bertz CT molecular complexity index is 611. The van der Waals surface area contributed by atoms with Gasteiger partial charge in [0.2, 0.25) is 0 Å². The van der Waals surface area contributed by atoms with E-state index in [1.165, 1.54) is 18.2 Å². The lowest BCUT2D eigenvalue weighted by molar-refractivity contribution is 0.542. The predicted molar refractivity (Wildman–Crippen MR) is 80.7 cm³/mol. The average molecular weight is 358 g/mol. The highest BCUT2D eigenvalue weighted by Gasteiger charge is 2.11. The number of rotatable bonds is 5. The zero-order valence-electron chi connectivity index (χ0n) is 11.5. The lowest BCUT2D eigenvalue weighted by Gasteiger charge is -2.17. The van der Waals surface area contributed by atoms with Gasteiger partial charge in [-0.1, -0.05) is 6.07 Å². The molecule has 0 aliphatic rings. The van der Waals surface area contributed by atoms with Crippen LogP contribution in [0, 0.1) is 17.5 Å². The van der Waals surface area contributed by atoms with Crippen molar-refractivity contribution in [1.29, 1.82) is 0 Å². The molecule has 112 valence electrons. The van der Waals surface area contributed by atoms with Crippen molar-refractivity contribution in [2.24, 2.45) is 0 Å². The average Bonchev–Trinajstić information content (AvgIpc) is 2.41. The van der Waals surface area contributed by atoms with Gasteiger partial charge in [0.05, 0.1) is 4.47 Å². The number of likely N-dealkylation sites (N-methyl/N-ethyl adjacent to an activating group) is 1. The van der Waals surface area contributed by atoms with Crippen LogP contribution in [0.2, 0.25) is 0 Å². The normalized spacial score (nSPS) is 12.4. The van der Waals surface area contributed by atoms with Crippen LogP contribution in [-0.2, 0) is 12.8 Å². The van der Waals surface area contributed by atoms with Gasteiger partial charge in [0.1, 0.15) is 17.5 Å². The summed E-state index contributed by atoms with van der Waals surface area (Å²) >= 11 is 3.15. The molecule has 21 heavy (non-hydrogen) atoms. The van der Waals surface area contributed by atoms with Crippen LogP contribution in [0.1, 0.15) is 11.1 Å². The van der Waals surface area contributed by atoms with Crippen LogP contribution in [0.4, 0.5) is 13.2 Å². The van der Waals surface area contributed by atoms with Crippen molar-refractivity contribution in [3.63, 3.8) is 0 Å². The Morgan fingerprint density at radius 1 is 0.952 bits per heavy atom. The Kier molecular flexibility index (Phi) is 5.42. The second kappa shape index (κ2) is 7.09. The number of hydrogen-bond donors (Lipinski definition) is 1. The maximum absolute atomic E-state index is 13.2. The molecule has 0 saturated carbocycles. The van der Waals surface area contributed by atoms with Gasteiger partial charge in [-0.15, -0.1) is 0 Å². The summed E-state index contributed by atoms with van der Waals surface area (Å²) in [5.74, 6) is -1.47. The van der Waals surface area contributed by atoms with Gasteiger partial charge in [0.15, 0.2) is 0 Å². The molecule has 1 unspecified atom stereocenters. The molecule has 1 nitrogen and oxygen atoms in total. The molecule has 2 rings (SSSR count). The molecule has 0 aliphatic carbocycles. The van der Waals surface area contributed by atoms with E-state index in [9.17, 15) is 13.2 Å². The van der Waals surface area contributed by atoms with E-state index in [1.807, 2.05) is 0 Å². The number of halogens is 4. The second-order valence-corrected chi connectivity index (χ2v) is 5.77. The van der Waals surface area contributed by atoms with E-state index < -0.39 is 11.6 Å². The molecule has 2 aromatic carbocycles. The molecule has 0 bridgehead atoms. The number of hydrogen-bond acceptors (Lipinski definition) is 1. The minimum atomic E-state index is -0.579. The zero-order valence-corrected chi connectivity index (χ0v) is 13.1. The van der Waals surface area contributed by atoms with Crippen molar-refractivity contribution in [3.8, 4) is 0 Å². The summed E-state index contributed by atoms with van der Waals surface area (Å²) in [5, 5.41) is 3.12. The van der Waals surface area contributed by atoms with Crippen molar-refractivity contribution in [3.05, 3.63) is 69.4 Å². The highest BCUT2D eigenvalue weighted by molar-refractivity contribution is 9.10. The van der Waals surface area contributed by atoms with Crippen molar-refractivity contribution in [1.82, 2.24) is 5.32 Å². The highest BCUT2D eigenvalue weighted by Crippen LogP contribution is 2.19. The molecule has 0 amide bonds. The quantitative estimate of drug-likeness (QED) is 0.843. The molecule has 0 fully saturated rings. The van der Waals surface area contributed by atoms with E-state index in [1.54, 1.807) is 19.2 Å². The summed E-state index contributed by atoms with van der Waals surface area (Å²) in [4.78, 5) is 0. The summed E-state index contributed by atoms with van der Waals surface area (Å²) in [7, 11) is 1.79. The predicted octanol–water partition coefficient (Wildman–Crippen LogP) is 4.24. The maximum atomic E-state index is 13.2. The van der Waals surface area contributed by atoms with Gasteiger partial charge in [0.25, 0.3) is 0 Å². The molecular weight excluding hydrogens is 343 g/mol. The number of benzene rings is 2. The van der Waals surface area contributed by atoms with Gasteiger partial charge in [-0.2, -0.15) is 0 Å². The van der Waals surface area contributed by atoms with Crippen molar-refractivity contribution in [2.75, 3.05) is 7.05 Å². The second-order valence-electron chi connectivity index (χ2n) is 4.92. The first-order chi connectivity index (χ1) is 9.97. The fourth-order valence-corrected chi connectivity index (χ4v) is 2.67. The van der Waals surface area contributed by atoms with Crippen molar-refractivity contribution >= 4 is 15.9 Å².